The van der Waals surface area contributed by atoms with Gasteiger partial charge in [0.25, 0.3) is 0 Å². The summed E-state index contributed by atoms with van der Waals surface area (Å²) in [5.74, 6) is 0. The highest BCUT2D eigenvalue weighted by Gasteiger charge is 2.11. The molecular formula is C11H26N2O2. The highest BCUT2D eigenvalue weighted by Crippen LogP contribution is 1.99. The van der Waals surface area contributed by atoms with Gasteiger partial charge < -0.3 is 14.7 Å². The molecule has 0 aromatic rings. The number of ether oxygens (including phenoxy) is 1. The number of aliphatic hydroxyl groups is 1. The summed E-state index contributed by atoms with van der Waals surface area (Å²) < 4.78 is 5.26. The molecule has 0 heterocycles. The fraction of sp³-hybridized carbons (Fsp3) is 1.00. The lowest BCUT2D eigenvalue weighted by atomic mass is 10.2. The summed E-state index contributed by atoms with van der Waals surface area (Å²) in [6.45, 7) is 8.69. The lowest BCUT2D eigenvalue weighted by Crippen LogP contribution is -2.41. The van der Waals surface area contributed by atoms with Crippen LogP contribution in [0.25, 0.3) is 0 Å². The summed E-state index contributed by atoms with van der Waals surface area (Å²) in [6.07, 6.45) is 0. The molecule has 0 fully saturated rings. The molecule has 0 aromatic carbocycles. The van der Waals surface area contributed by atoms with Crippen molar-refractivity contribution in [3.05, 3.63) is 0 Å². The monoisotopic (exact) mass is 218 g/mol. The maximum Gasteiger partial charge on any atom is 0.0698 e. The van der Waals surface area contributed by atoms with Gasteiger partial charge in [0.05, 0.1) is 19.8 Å². The molecule has 0 aliphatic carbocycles. The van der Waals surface area contributed by atoms with Crippen LogP contribution in [0.15, 0.2) is 0 Å². The molecular weight excluding hydrogens is 192 g/mol. The molecule has 92 valence electrons. The molecule has 0 bridgehead atoms. The molecule has 0 aliphatic heterocycles. The number of hydrogen-bond donors (Lipinski definition) is 1. The van der Waals surface area contributed by atoms with E-state index in [2.05, 4.69) is 37.7 Å². The third-order valence-corrected chi connectivity index (χ3v) is 2.42. The summed E-state index contributed by atoms with van der Waals surface area (Å²) in [5, 5.41) is 8.57. The lowest BCUT2D eigenvalue weighted by molar-refractivity contribution is 0.0631. The molecule has 1 N–H and O–H groups in total. The summed E-state index contributed by atoms with van der Waals surface area (Å²) in [5.41, 5.74) is 0. The first-order chi connectivity index (χ1) is 7.11. The Hall–Kier alpha value is -0.160. The lowest BCUT2D eigenvalue weighted by Gasteiger charge is -2.29. The molecule has 0 spiro atoms. The van der Waals surface area contributed by atoms with E-state index in [0.29, 0.717) is 19.3 Å². The summed E-state index contributed by atoms with van der Waals surface area (Å²) in [4.78, 5) is 4.58. The summed E-state index contributed by atoms with van der Waals surface area (Å²) >= 11 is 0. The minimum Gasteiger partial charge on any atom is -0.394 e. The van der Waals surface area contributed by atoms with Crippen molar-refractivity contribution < 1.29 is 9.84 Å². The van der Waals surface area contributed by atoms with Gasteiger partial charge in [-0.2, -0.15) is 0 Å². The molecule has 0 saturated heterocycles. The van der Waals surface area contributed by atoms with Crippen LogP contribution >= 0.6 is 0 Å². The van der Waals surface area contributed by atoms with E-state index in [1.807, 2.05) is 0 Å². The van der Waals surface area contributed by atoms with E-state index in [0.717, 1.165) is 19.6 Å². The van der Waals surface area contributed by atoms with Crippen LogP contribution in [0.3, 0.4) is 0 Å². The Bertz CT molecular complexity index is 143. The van der Waals surface area contributed by atoms with Crippen LogP contribution in [-0.2, 0) is 4.74 Å². The van der Waals surface area contributed by atoms with Crippen molar-refractivity contribution in [2.75, 3.05) is 53.6 Å². The second-order valence-electron chi connectivity index (χ2n) is 4.08. The van der Waals surface area contributed by atoms with Crippen LogP contribution in [0, 0.1) is 0 Å². The summed E-state index contributed by atoms with van der Waals surface area (Å²) in [6, 6.07) is 0.544. The number of likely N-dealkylation sites (N-methyl/N-ethyl adjacent to an activating group) is 2. The van der Waals surface area contributed by atoms with Gasteiger partial charge in [-0.3, -0.25) is 4.90 Å². The van der Waals surface area contributed by atoms with Crippen molar-refractivity contribution in [2.24, 2.45) is 0 Å². The predicted octanol–water partition coefficient (Wildman–Crippen LogP) is 0.267. The molecule has 1 unspecified atom stereocenters. The first-order valence-electron chi connectivity index (χ1n) is 5.69. The normalized spacial score (nSPS) is 13.8. The third kappa shape index (κ3) is 7.73. The number of hydrogen-bond acceptors (Lipinski definition) is 4. The Morgan fingerprint density at radius 3 is 2.40 bits per heavy atom. The average molecular weight is 218 g/mol. The van der Waals surface area contributed by atoms with E-state index in [-0.39, 0.29) is 6.61 Å². The topological polar surface area (TPSA) is 35.9 Å². The van der Waals surface area contributed by atoms with Crippen LogP contribution in [0.1, 0.15) is 13.8 Å². The SMILES string of the molecule is CCN(CCOCCO)C(C)CN(C)C. The fourth-order valence-electron chi connectivity index (χ4n) is 1.68. The zero-order valence-corrected chi connectivity index (χ0v) is 10.6. The van der Waals surface area contributed by atoms with E-state index in [9.17, 15) is 0 Å². The van der Waals surface area contributed by atoms with Crippen molar-refractivity contribution >= 4 is 0 Å². The highest BCUT2D eigenvalue weighted by molar-refractivity contribution is 4.67. The van der Waals surface area contributed by atoms with Crippen molar-refractivity contribution in [1.82, 2.24) is 9.80 Å². The van der Waals surface area contributed by atoms with Gasteiger partial charge in [-0.05, 0) is 27.6 Å². The molecule has 0 radical (unpaired) electrons. The molecule has 4 heteroatoms. The van der Waals surface area contributed by atoms with Gasteiger partial charge in [0.15, 0.2) is 0 Å². The van der Waals surface area contributed by atoms with Gasteiger partial charge >= 0.3 is 0 Å². The van der Waals surface area contributed by atoms with Gasteiger partial charge in [0.2, 0.25) is 0 Å². The minimum absolute atomic E-state index is 0.110. The van der Waals surface area contributed by atoms with Crippen molar-refractivity contribution in [3.63, 3.8) is 0 Å². The Labute approximate surface area is 93.8 Å². The molecule has 15 heavy (non-hydrogen) atoms. The maximum absolute atomic E-state index is 8.57. The smallest absolute Gasteiger partial charge is 0.0698 e. The first kappa shape index (κ1) is 14.8. The van der Waals surface area contributed by atoms with Crippen LogP contribution in [-0.4, -0.2) is 74.5 Å². The Morgan fingerprint density at radius 2 is 1.93 bits per heavy atom. The first-order valence-corrected chi connectivity index (χ1v) is 5.69. The zero-order chi connectivity index (χ0) is 11.7. The fourth-order valence-corrected chi connectivity index (χ4v) is 1.68. The Balaban J connectivity index is 3.70. The number of aliphatic hydroxyl groups excluding tert-OH is 1. The number of nitrogens with zero attached hydrogens (tertiary/aromatic N) is 2. The van der Waals surface area contributed by atoms with Gasteiger partial charge in [-0.15, -0.1) is 0 Å². The van der Waals surface area contributed by atoms with Gasteiger partial charge in [-0.1, -0.05) is 6.92 Å². The molecule has 1 atom stereocenters. The van der Waals surface area contributed by atoms with E-state index < -0.39 is 0 Å². The molecule has 0 amide bonds. The van der Waals surface area contributed by atoms with E-state index in [1.54, 1.807) is 0 Å². The second kappa shape index (κ2) is 9.09. The second-order valence-corrected chi connectivity index (χ2v) is 4.08. The standard InChI is InChI=1S/C11H26N2O2/c1-5-13(6-8-15-9-7-14)11(2)10-12(3)4/h11,14H,5-10H2,1-4H3. The minimum atomic E-state index is 0.110. The van der Waals surface area contributed by atoms with E-state index in [4.69, 9.17) is 9.84 Å². The van der Waals surface area contributed by atoms with Gasteiger partial charge in [-0.25, -0.2) is 0 Å². The molecule has 0 saturated carbocycles. The predicted molar refractivity (Wildman–Crippen MR) is 63.2 cm³/mol. The average Bonchev–Trinajstić information content (AvgIpc) is 2.16. The number of rotatable bonds is 9. The maximum atomic E-state index is 8.57. The molecule has 0 aromatic heterocycles. The van der Waals surface area contributed by atoms with Gasteiger partial charge in [0, 0.05) is 19.1 Å². The van der Waals surface area contributed by atoms with E-state index >= 15 is 0 Å². The van der Waals surface area contributed by atoms with Crippen LogP contribution in [0.4, 0.5) is 0 Å². The highest BCUT2D eigenvalue weighted by atomic mass is 16.5. The van der Waals surface area contributed by atoms with Crippen molar-refractivity contribution in [3.8, 4) is 0 Å². The molecule has 0 rings (SSSR count). The largest absolute Gasteiger partial charge is 0.394 e. The Kier molecular flexibility index (Phi) is 9.00. The zero-order valence-electron chi connectivity index (χ0n) is 10.6. The van der Waals surface area contributed by atoms with Crippen molar-refractivity contribution in [1.29, 1.82) is 0 Å². The summed E-state index contributed by atoms with van der Waals surface area (Å²) in [7, 11) is 4.18. The molecule has 4 nitrogen and oxygen atoms in total. The Morgan fingerprint density at radius 1 is 1.27 bits per heavy atom. The quantitative estimate of drug-likeness (QED) is 0.564. The van der Waals surface area contributed by atoms with Crippen LogP contribution in [0.2, 0.25) is 0 Å². The molecule has 0 aliphatic rings. The van der Waals surface area contributed by atoms with Crippen LogP contribution < -0.4 is 0 Å². The van der Waals surface area contributed by atoms with Crippen molar-refractivity contribution in [2.45, 2.75) is 19.9 Å². The van der Waals surface area contributed by atoms with Gasteiger partial charge in [0.1, 0.15) is 0 Å². The van der Waals surface area contributed by atoms with E-state index in [1.165, 1.54) is 0 Å². The van der Waals surface area contributed by atoms with Crippen LogP contribution in [0.5, 0.6) is 0 Å². The third-order valence-electron chi connectivity index (χ3n) is 2.42.